The van der Waals surface area contributed by atoms with Crippen LogP contribution in [0.25, 0.3) is 0 Å². The van der Waals surface area contributed by atoms with Gasteiger partial charge in [-0.15, -0.1) is 10.2 Å². The van der Waals surface area contributed by atoms with Gasteiger partial charge >= 0.3 is 12.1 Å². The number of carboxylic acid groups (broad SMARTS) is 1. The summed E-state index contributed by atoms with van der Waals surface area (Å²) in [4.78, 5) is 22.5. The van der Waals surface area contributed by atoms with Crippen LogP contribution >= 0.6 is 0 Å². The number of alkyl halides is 3. The third kappa shape index (κ3) is 5.63. The number of amides is 1. The molecule has 0 aromatic carbocycles. The van der Waals surface area contributed by atoms with Gasteiger partial charge in [0.1, 0.15) is 13.1 Å². The zero-order valence-electron chi connectivity index (χ0n) is 11.0. The van der Waals surface area contributed by atoms with Crippen molar-refractivity contribution < 1.29 is 27.9 Å². The van der Waals surface area contributed by atoms with Gasteiger partial charge in [0.15, 0.2) is 11.5 Å². The van der Waals surface area contributed by atoms with Crippen LogP contribution in [0.1, 0.15) is 17.4 Å². The van der Waals surface area contributed by atoms with E-state index in [4.69, 9.17) is 5.11 Å². The lowest BCUT2D eigenvalue weighted by molar-refractivity contribution is -0.136. The molecular formula is C11H13F3N4O3. The topological polar surface area (TPSA) is 95.4 Å². The lowest BCUT2D eigenvalue weighted by Crippen LogP contribution is -2.38. The molecule has 1 rings (SSSR count). The average Bonchev–Trinajstić information content (AvgIpc) is 2.36. The van der Waals surface area contributed by atoms with Crippen molar-refractivity contribution in [1.29, 1.82) is 0 Å². The summed E-state index contributed by atoms with van der Waals surface area (Å²) < 4.78 is 37.2. The van der Waals surface area contributed by atoms with E-state index in [9.17, 15) is 22.8 Å². The van der Waals surface area contributed by atoms with Gasteiger partial charge in [0.05, 0.1) is 0 Å². The molecule has 1 heterocycles. The summed E-state index contributed by atoms with van der Waals surface area (Å²) >= 11 is 0. The molecule has 0 bridgehead atoms. The van der Waals surface area contributed by atoms with Crippen molar-refractivity contribution in [2.24, 2.45) is 0 Å². The molecule has 1 aromatic rings. The highest BCUT2D eigenvalue weighted by molar-refractivity contribution is 5.92. The summed E-state index contributed by atoms with van der Waals surface area (Å²) in [5, 5.41) is 18.0. The molecule has 0 spiro atoms. The Kier molecular flexibility index (Phi) is 5.44. The van der Waals surface area contributed by atoms with Gasteiger partial charge in [0.25, 0.3) is 5.91 Å². The van der Waals surface area contributed by atoms with Gasteiger partial charge in [-0.05, 0) is 19.1 Å². The van der Waals surface area contributed by atoms with Gasteiger partial charge in [-0.1, -0.05) is 0 Å². The fourth-order valence-electron chi connectivity index (χ4n) is 1.46. The molecular weight excluding hydrogens is 293 g/mol. The Morgan fingerprint density at radius 1 is 1.33 bits per heavy atom. The van der Waals surface area contributed by atoms with Crippen LogP contribution in [0.3, 0.4) is 0 Å². The Bertz CT molecular complexity index is 504. The Morgan fingerprint density at radius 2 is 2.00 bits per heavy atom. The summed E-state index contributed by atoms with van der Waals surface area (Å²) in [5.74, 6) is -2.23. The fourth-order valence-corrected chi connectivity index (χ4v) is 1.46. The number of nitrogens with one attached hydrogen (secondary N) is 1. The zero-order valence-corrected chi connectivity index (χ0v) is 11.0. The van der Waals surface area contributed by atoms with Crippen molar-refractivity contribution in [3.05, 3.63) is 17.8 Å². The van der Waals surface area contributed by atoms with E-state index in [1.807, 2.05) is 0 Å². The second-order valence-electron chi connectivity index (χ2n) is 4.00. The highest BCUT2D eigenvalue weighted by atomic mass is 19.4. The van der Waals surface area contributed by atoms with Gasteiger partial charge in [-0.25, -0.2) is 0 Å². The molecule has 21 heavy (non-hydrogen) atoms. The lowest BCUT2D eigenvalue weighted by Gasteiger charge is -2.22. The first-order valence-electron chi connectivity index (χ1n) is 5.88. The minimum absolute atomic E-state index is 0.0668. The smallest absolute Gasteiger partial charge is 0.405 e. The molecule has 0 fully saturated rings. The maximum Gasteiger partial charge on any atom is 0.405 e. The van der Waals surface area contributed by atoms with Crippen LogP contribution in [-0.2, 0) is 4.79 Å². The van der Waals surface area contributed by atoms with Crippen molar-refractivity contribution in [2.75, 3.05) is 24.5 Å². The van der Waals surface area contributed by atoms with Crippen molar-refractivity contribution >= 4 is 17.7 Å². The number of carboxylic acids is 1. The van der Waals surface area contributed by atoms with E-state index in [-0.39, 0.29) is 11.5 Å². The molecule has 0 aliphatic carbocycles. The van der Waals surface area contributed by atoms with Crippen LogP contribution < -0.4 is 10.2 Å². The summed E-state index contributed by atoms with van der Waals surface area (Å²) in [5.41, 5.74) is -0.0668. The van der Waals surface area contributed by atoms with Crippen LogP contribution in [0.4, 0.5) is 19.0 Å². The Balaban J connectivity index is 2.92. The lowest BCUT2D eigenvalue weighted by atomic mass is 10.3. The van der Waals surface area contributed by atoms with Crippen LogP contribution in [0, 0.1) is 0 Å². The maximum atomic E-state index is 12.4. The van der Waals surface area contributed by atoms with E-state index in [0.29, 0.717) is 11.4 Å². The van der Waals surface area contributed by atoms with E-state index in [1.54, 1.807) is 6.92 Å². The molecule has 0 unspecified atom stereocenters. The molecule has 0 saturated carbocycles. The molecule has 0 aliphatic heterocycles. The van der Waals surface area contributed by atoms with Crippen LogP contribution in [-0.4, -0.2) is 53.0 Å². The Labute approximate surface area is 117 Å². The number of halogens is 3. The first-order valence-corrected chi connectivity index (χ1v) is 5.88. The van der Waals surface area contributed by atoms with Crippen LogP contribution in [0.5, 0.6) is 0 Å². The number of aromatic nitrogens is 2. The van der Waals surface area contributed by atoms with Gasteiger partial charge < -0.3 is 15.3 Å². The number of hydrogen-bond donors (Lipinski definition) is 2. The van der Waals surface area contributed by atoms with Gasteiger partial charge in [-0.3, -0.25) is 9.59 Å². The molecule has 7 nitrogen and oxygen atoms in total. The molecule has 10 heteroatoms. The van der Waals surface area contributed by atoms with Crippen molar-refractivity contribution in [1.82, 2.24) is 15.5 Å². The van der Waals surface area contributed by atoms with Crippen LogP contribution in [0.15, 0.2) is 12.1 Å². The number of anilines is 1. The van der Waals surface area contributed by atoms with E-state index >= 15 is 0 Å². The SMILES string of the molecule is CCNC(=O)c1ccc(N(CC(=O)O)CC(F)(F)F)nn1. The molecule has 2 N–H and O–H groups in total. The van der Waals surface area contributed by atoms with Gasteiger partial charge in [0.2, 0.25) is 0 Å². The van der Waals surface area contributed by atoms with Gasteiger partial charge in [-0.2, -0.15) is 13.2 Å². The van der Waals surface area contributed by atoms with E-state index < -0.39 is 31.1 Å². The normalized spacial score (nSPS) is 11.0. The number of hydrogen-bond acceptors (Lipinski definition) is 5. The van der Waals surface area contributed by atoms with Gasteiger partial charge in [0, 0.05) is 6.54 Å². The van der Waals surface area contributed by atoms with E-state index in [0.717, 1.165) is 6.07 Å². The molecule has 1 amide bonds. The fraction of sp³-hybridized carbons (Fsp3) is 0.455. The first-order chi connectivity index (χ1) is 9.73. The third-order valence-electron chi connectivity index (χ3n) is 2.24. The van der Waals surface area contributed by atoms with Crippen LogP contribution in [0.2, 0.25) is 0 Å². The average molecular weight is 306 g/mol. The number of carbonyl (C=O) groups excluding carboxylic acids is 1. The Hall–Kier alpha value is -2.39. The molecule has 0 saturated heterocycles. The Morgan fingerprint density at radius 3 is 2.43 bits per heavy atom. The summed E-state index contributed by atoms with van der Waals surface area (Å²) in [7, 11) is 0. The minimum atomic E-state index is -4.59. The predicted octanol–water partition coefficient (Wildman–Crippen LogP) is 0.680. The largest absolute Gasteiger partial charge is 0.480 e. The summed E-state index contributed by atoms with van der Waals surface area (Å²) in [6.45, 7) is -0.303. The second-order valence-corrected chi connectivity index (χ2v) is 4.00. The number of nitrogens with zero attached hydrogens (tertiary/aromatic N) is 3. The highest BCUT2D eigenvalue weighted by Crippen LogP contribution is 2.20. The van der Waals surface area contributed by atoms with Crippen molar-refractivity contribution in [3.8, 4) is 0 Å². The number of rotatable bonds is 6. The zero-order chi connectivity index (χ0) is 16.0. The summed E-state index contributed by atoms with van der Waals surface area (Å²) in [6, 6.07) is 2.30. The summed E-state index contributed by atoms with van der Waals surface area (Å²) in [6.07, 6.45) is -4.59. The molecule has 1 aromatic heterocycles. The third-order valence-corrected chi connectivity index (χ3v) is 2.24. The van der Waals surface area contributed by atoms with E-state index in [1.165, 1.54) is 6.07 Å². The molecule has 0 radical (unpaired) electrons. The molecule has 0 aliphatic rings. The predicted molar refractivity (Wildman–Crippen MR) is 65.9 cm³/mol. The quantitative estimate of drug-likeness (QED) is 0.802. The monoisotopic (exact) mass is 306 g/mol. The number of carbonyl (C=O) groups is 2. The minimum Gasteiger partial charge on any atom is -0.480 e. The molecule has 0 atom stereocenters. The van der Waals surface area contributed by atoms with E-state index in [2.05, 4.69) is 15.5 Å². The second kappa shape index (κ2) is 6.86. The first kappa shape index (κ1) is 16.7. The highest BCUT2D eigenvalue weighted by Gasteiger charge is 2.32. The van der Waals surface area contributed by atoms with Crippen molar-refractivity contribution in [3.63, 3.8) is 0 Å². The maximum absolute atomic E-state index is 12.4. The number of aliphatic carboxylic acids is 1. The molecule has 116 valence electrons. The standard InChI is InChI=1S/C11H13F3N4O3/c1-2-15-10(21)7-3-4-8(17-16-7)18(5-9(19)20)6-11(12,13)14/h3-4H,2,5-6H2,1H3,(H,15,21)(H,19,20). The van der Waals surface area contributed by atoms with Crippen molar-refractivity contribution in [2.45, 2.75) is 13.1 Å².